The van der Waals surface area contributed by atoms with E-state index in [0.717, 1.165) is 17.6 Å². The van der Waals surface area contributed by atoms with Crippen LogP contribution in [-0.2, 0) is 6.42 Å². The van der Waals surface area contributed by atoms with Crippen molar-refractivity contribution in [2.75, 3.05) is 0 Å². The van der Waals surface area contributed by atoms with Crippen molar-refractivity contribution in [2.45, 2.75) is 51.0 Å². The summed E-state index contributed by atoms with van der Waals surface area (Å²) in [5, 5.41) is 2.33. The first-order valence-corrected chi connectivity index (χ1v) is 9.88. The van der Waals surface area contributed by atoms with Gasteiger partial charge in [0.1, 0.15) is 5.75 Å². The van der Waals surface area contributed by atoms with Crippen LogP contribution < -0.4 is 4.74 Å². The van der Waals surface area contributed by atoms with Gasteiger partial charge in [-0.25, -0.2) is 4.85 Å². The lowest BCUT2D eigenvalue weighted by molar-refractivity contribution is 0.210. The van der Waals surface area contributed by atoms with E-state index in [2.05, 4.69) is 54.2 Å². The summed E-state index contributed by atoms with van der Waals surface area (Å²) in [5.41, 5.74) is 3.35. The number of hydrogen-bond acceptors (Lipinski definition) is 1. The van der Waals surface area contributed by atoms with Gasteiger partial charge in [-0.3, -0.25) is 0 Å². The van der Waals surface area contributed by atoms with E-state index in [-0.39, 0.29) is 0 Å². The van der Waals surface area contributed by atoms with Crippen LogP contribution in [0.3, 0.4) is 0 Å². The summed E-state index contributed by atoms with van der Waals surface area (Å²) in [6.07, 6.45) is 6.36. The Morgan fingerprint density at radius 1 is 0.963 bits per heavy atom. The minimum Gasteiger partial charge on any atom is -0.490 e. The van der Waals surface area contributed by atoms with Gasteiger partial charge in [-0.2, -0.15) is 0 Å². The lowest BCUT2D eigenvalue weighted by atomic mass is 9.92. The fourth-order valence-electron chi connectivity index (χ4n) is 4.03. The molecule has 1 aliphatic carbocycles. The van der Waals surface area contributed by atoms with Gasteiger partial charge < -0.3 is 4.74 Å². The maximum Gasteiger partial charge on any atom is 0.187 e. The maximum absolute atomic E-state index is 7.20. The van der Waals surface area contributed by atoms with E-state index in [4.69, 9.17) is 11.3 Å². The minimum absolute atomic E-state index is 0.409. The number of benzene rings is 3. The largest absolute Gasteiger partial charge is 0.490 e. The zero-order valence-corrected chi connectivity index (χ0v) is 15.8. The molecule has 0 amide bonds. The Hall–Kier alpha value is -2.79. The molecule has 136 valence electrons. The van der Waals surface area contributed by atoms with E-state index in [1.54, 1.807) is 0 Å². The molecule has 3 aromatic carbocycles. The highest BCUT2D eigenvalue weighted by Gasteiger charge is 2.16. The van der Waals surface area contributed by atoms with Gasteiger partial charge in [-0.1, -0.05) is 49.4 Å². The van der Waals surface area contributed by atoms with Crippen molar-refractivity contribution in [1.29, 1.82) is 0 Å². The molecule has 0 saturated heterocycles. The lowest BCUT2D eigenvalue weighted by Gasteiger charge is -2.16. The number of rotatable bonds is 5. The molecule has 4 rings (SSSR count). The Kier molecular flexibility index (Phi) is 5.12. The first kappa shape index (κ1) is 17.6. The lowest BCUT2D eigenvalue weighted by Crippen LogP contribution is -2.10. The SMILES string of the molecule is [C-]#[N+]c1ccc2ccc(C[C@H](C)c3ccc(OC4CCCC4)cc3)cc2c1. The van der Waals surface area contributed by atoms with Gasteiger partial charge >= 0.3 is 0 Å². The van der Waals surface area contributed by atoms with Crippen LogP contribution in [0.4, 0.5) is 5.69 Å². The summed E-state index contributed by atoms with van der Waals surface area (Å²) in [4.78, 5) is 3.54. The van der Waals surface area contributed by atoms with E-state index in [9.17, 15) is 0 Å². The van der Waals surface area contributed by atoms with Gasteiger partial charge in [0.25, 0.3) is 0 Å². The second-order valence-electron chi connectivity index (χ2n) is 7.68. The highest BCUT2D eigenvalue weighted by Crippen LogP contribution is 2.28. The van der Waals surface area contributed by atoms with Crippen molar-refractivity contribution in [3.05, 3.63) is 83.2 Å². The summed E-state index contributed by atoms with van der Waals surface area (Å²) < 4.78 is 6.07. The second kappa shape index (κ2) is 7.84. The molecule has 3 aromatic rings. The first-order valence-electron chi connectivity index (χ1n) is 9.88. The van der Waals surface area contributed by atoms with Crippen molar-refractivity contribution in [3.8, 4) is 5.75 Å². The molecule has 1 atom stereocenters. The van der Waals surface area contributed by atoms with Gasteiger partial charge in [-0.15, -0.1) is 0 Å². The Morgan fingerprint density at radius 2 is 1.70 bits per heavy atom. The molecule has 0 N–H and O–H groups in total. The van der Waals surface area contributed by atoms with Gasteiger partial charge in [0.15, 0.2) is 5.69 Å². The minimum atomic E-state index is 0.409. The summed E-state index contributed by atoms with van der Waals surface area (Å²) in [7, 11) is 0. The van der Waals surface area contributed by atoms with Crippen LogP contribution in [0, 0.1) is 6.57 Å². The normalized spacial score (nSPS) is 15.6. The summed E-state index contributed by atoms with van der Waals surface area (Å²) >= 11 is 0. The summed E-state index contributed by atoms with van der Waals surface area (Å²) in [6.45, 7) is 9.47. The molecule has 1 fully saturated rings. The Bertz CT molecular complexity index is 962. The molecule has 0 radical (unpaired) electrons. The molecule has 1 saturated carbocycles. The van der Waals surface area contributed by atoms with Gasteiger partial charge in [0.2, 0.25) is 0 Å². The quantitative estimate of drug-likeness (QED) is 0.447. The maximum atomic E-state index is 7.20. The third kappa shape index (κ3) is 4.14. The molecule has 0 unspecified atom stereocenters. The van der Waals surface area contributed by atoms with E-state index in [1.165, 1.54) is 42.2 Å². The fraction of sp³-hybridized carbons (Fsp3) is 0.320. The predicted octanol–water partition coefficient (Wildman–Crippen LogP) is 7.06. The third-order valence-electron chi connectivity index (χ3n) is 5.61. The number of hydrogen-bond donors (Lipinski definition) is 0. The third-order valence-corrected chi connectivity index (χ3v) is 5.61. The van der Waals surface area contributed by atoms with Crippen molar-refractivity contribution in [2.24, 2.45) is 0 Å². The van der Waals surface area contributed by atoms with E-state index < -0.39 is 0 Å². The van der Waals surface area contributed by atoms with Gasteiger partial charge in [0, 0.05) is 0 Å². The first-order chi connectivity index (χ1) is 13.2. The Labute approximate surface area is 161 Å². The van der Waals surface area contributed by atoms with Gasteiger partial charge in [0.05, 0.1) is 12.7 Å². The van der Waals surface area contributed by atoms with Crippen molar-refractivity contribution >= 4 is 16.5 Å². The second-order valence-corrected chi connectivity index (χ2v) is 7.68. The molecule has 2 heteroatoms. The molecule has 0 spiro atoms. The van der Waals surface area contributed by atoms with Crippen LogP contribution in [0.25, 0.3) is 15.6 Å². The zero-order valence-electron chi connectivity index (χ0n) is 15.8. The molecule has 0 heterocycles. The number of fused-ring (bicyclic) bond motifs is 1. The van der Waals surface area contributed by atoms with Gasteiger partial charge in [-0.05, 0) is 78.1 Å². The molecule has 0 aromatic heterocycles. The van der Waals surface area contributed by atoms with Crippen molar-refractivity contribution < 1.29 is 4.74 Å². The monoisotopic (exact) mass is 355 g/mol. The Balaban J connectivity index is 1.45. The fourth-order valence-corrected chi connectivity index (χ4v) is 4.03. The number of ether oxygens (including phenoxy) is 1. The average Bonchev–Trinajstić information content (AvgIpc) is 3.21. The predicted molar refractivity (Wildman–Crippen MR) is 112 cm³/mol. The van der Waals surface area contributed by atoms with E-state index in [0.29, 0.717) is 17.7 Å². The highest BCUT2D eigenvalue weighted by molar-refractivity contribution is 5.86. The molecule has 0 bridgehead atoms. The van der Waals surface area contributed by atoms with Crippen molar-refractivity contribution in [1.82, 2.24) is 0 Å². The van der Waals surface area contributed by atoms with Crippen LogP contribution in [0.15, 0.2) is 60.7 Å². The molecular weight excluding hydrogens is 330 g/mol. The van der Waals surface area contributed by atoms with Crippen LogP contribution in [0.2, 0.25) is 0 Å². The van der Waals surface area contributed by atoms with Crippen molar-refractivity contribution in [3.63, 3.8) is 0 Å². The average molecular weight is 355 g/mol. The topological polar surface area (TPSA) is 13.6 Å². The van der Waals surface area contributed by atoms with Crippen LogP contribution in [-0.4, -0.2) is 6.10 Å². The summed E-state index contributed by atoms with van der Waals surface area (Å²) in [6, 6.07) is 21.1. The van der Waals surface area contributed by atoms with Crippen LogP contribution in [0.5, 0.6) is 5.75 Å². The molecule has 0 aliphatic heterocycles. The smallest absolute Gasteiger partial charge is 0.187 e. The standard InChI is InChI=1S/C25H25NO/c1-18(20-10-13-25(14-11-20)27-24-5-3-4-6-24)15-19-7-8-21-9-12-23(26-2)17-22(21)16-19/h7-14,16-18,24H,3-6,15H2,1H3/t18-/m0/s1. The molecule has 27 heavy (non-hydrogen) atoms. The van der Waals surface area contributed by atoms with Crippen LogP contribution in [0.1, 0.15) is 49.7 Å². The number of nitrogens with zero attached hydrogens (tertiary/aromatic N) is 1. The molecule has 1 aliphatic rings. The van der Waals surface area contributed by atoms with E-state index in [1.807, 2.05) is 18.2 Å². The zero-order chi connectivity index (χ0) is 18.6. The summed E-state index contributed by atoms with van der Waals surface area (Å²) in [5.74, 6) is 1.43. The Morgan fingerprint density at radius 3 is 2.44 bits per heavy atom. The molecular formula is C25H25NO. The van der Waals surface area contributed by atoms with Crippen LogP contribution >= 0.6 is 0 Å². The highest BCUT2D eigenvalue weighted by atomic mass is 16.5. The molecule has 2 nitrogen and oxygen atoms in total. The van der Waals surface area contributed by atoms with E-state index >= 15 is 0 Å².